The average molecular weight is 590 g/mol. The number of carbonyl (C=O) groups excluding carboxylic acids is 3. The summed E-state index contributed by atoms with van der Waals surface area (Å²) in [5.74, 6) is 0.123. The molecule has 42 heavy (non-hydrogen) atoms. The minimum atomic E-state index is -0.864. The first-order valence-corrected chi connectivity index (χ1v) is 16.2. The first kappa shape index (κ1) is 31.4. The van der Waals surface area contributed by atoms with Crippen LogP contribution >= 0.6 is 11.8 Å². The van der Waals surface area contributed by atoms with Crippen LogP contribution in [-0.4, -0.2) is 52.5 Å². The van der Waals surface area contributed by atoms with Crippen LogP contribution in [0.4, 0.5) is 10.5 Å². The lowest BCUT2D eigenvalue weighted by Gasteiger charge is -2.43. The minimum absolute atomic E-state index is 0.104. The maximum atomic E-state index is 14.4. The number of nitrogens with one attached hydrogen (secondary N) is 2. The molecule has 3 aromatic rings. The molecule has 0 spiro atoms. The van der Waals surface area contributed by atoms with Gasteiger partial charge in [0.1, 0.15) is 17.7 Å². The van der Waals surface area contributed by atoms with Crippen molar-refractivity contribution in [3.8, 4) is 0 Å². The van der Waals surface area contributed by atoms with Crippen LogP contribution in [-0.2, 0) is 20.7 Å². The topological polar surface area (TPSA) is 87.7 Å². The van der Waals surface area contributed by atoms with Gasteiger partial charge in [-0.15, -0.1) is 0 Å². The molecule has 0 aliphatic heterocycles. The fourth-order valence-electron chi connectivity index (χ4n) is 5.16. The number of carbonyl (C=O) groups is 3. The van der Waals surface area contributed by atoms with Crippen LogP contribution in [0, 0.1) is 0 Å². The molecule has 2 N–H and O–H groups in total. The van der Waals surface area contributed by atoms with Crippen LogP contribution in [0.25, 0.3) is 10.8 Å². The predicted octanol–water partition coefficient (Wildman–Crippen LogP) is 7.11. The van der Waals surface area contributed by atoms with Crippen LogP contribution in [0.5, 0.6) is 0 Å². The zero-order valence-electron chi connectivity index (χ0n) is 25.3. The van der Waals surface area contributed by atoms with Gasteiger partial charge < -0.3 is 20.3 Å². The van der Waals surface area contributed by atoms with Gasteiger partial charge >= 0.3 is 6.09 Å². The maximum absolute atomic E-state index is 14.4. The number of thioether (sulfide) groups is 1. The zero-order valence-corrected chi connectivity index (χ0v) is 26.1. The van der Waals surface area contributed by atoms with Crippen molar-refractivity contribution in [1.82, 2.24) is 10.2 Å². The second-order valence-corrected chi connectivity index (χ2v) is 12.8. The number of alkyl carbamates (subject to hydrolysis) is 1. The van der Waals surface area contributed by atoms with Gasteiger partial charge in [-0.05, 0) is 98.9 Å². The van der Waals surface area contributed by atoms with E-state index in [0.717, 1.165) is 47.6 Å². The quantitative estimate of drug-likeness (QED) is 0.249. The van der Waals surface area contributed by atoms with E-state index < -0.39 is 23.8 Å². The molecule has 4 rings (SSSR count). The third-order valence-corrected chi connectivity index (χ3v) is 8.21. The van der Waals surface area contributed by atoms with Crippen molar-refractivity contribution in [3.05, 3.63) is 77.9 Å². The van der Waals surface area contributed by atoms with Gasteiger partial charge in [-0.25, -0.2) is 4.79 Å². The van der Waals surface area contributed by atoms with Crippen molar-refractivity contribution in [1.29, 1.82) is 0 Å². The van der Waals surface area contributed by atoms with Crippen LogP contribution in [0.2, 0.25) is 0 Å². The molecule has 0 aromatic heterocycles. The lowest BCUT2D eigenvalue weighted by atomic mass is 9.87. The van der Waals surface area contributed by atoms with Crippen molar-refractivity contribution < 1.29 is 19.1 Å². The van der Waals surface area contributed by atoms with Crippen molar-refractivity contribution in [3.63, 3.8) is 0 Å². The molecule has 1 fully saturated rings. The standard InChI is InChI=1S/C34H43N3O4S/c1-6-23-14-16-25(17-15-23)30(31(38)35-27-19-18-24-10-7-8-11-26(24)22-27)37(28-12-9-13-28)32(39)29(20-21-42-5)36-33(40)41-34(2,3)4/h7-8,10-11,14-19,22,28-30H,6,9,12-13,20-21H2,1-5H3,(H,35,38)(H,36,40). The Balaban J connectivity index is 1.71. The SMILES string of the molecule is CCc1ccc(C(C(=O)Nc2ccc3ccccc3c2)N(C(=O)C(CCSC)NC(=O)OC(C)(C)C)C2CCC2)cc1. The molecule has 1 saturated carbocycles. The van der Waals surface area contributed by atoms with E-state index in [4.69, 9.17) is 4.74 Å². The van der Waals surface area contributed by atoms with Gasteiger partial charge in [0.05, 0.1) is 0 Å². The second kappa shape index (κ2) is 14.1. The Hall–Kier alpha value is -3.52. The lowest BCUT2D eigenvalue weighted by Crippen LogP contribution is -2.57. The van der Waals surface area contributed by atoms with E-state index in [1.807, 2.05) is 73.0 Å². The van der Waals surface area contributed by atoms with E-state index in [1.54, 1.807) is 37.4 Å². The number of fused-ring (bicyclic) bond motifs is 1. The third-order valence-electron chi connectivity index (χ3n) is 7.57. The number of rotatable bonds is 11. The molecule has 3 amide bonds. The number of hydrogen-bond acceptors (Lipinski definition) is 5. The molecule has 0 radical (unpaired) electrons. The molecule has 7 nitrogen and oxygen atoms in total. The van der Waals surface area contributed by atoms with Gasteiger partial charge in [0.2, 0.25) is 5.91 Å². The Kier molecular flexibility index (Phi) is 10.5. The number of aryl methyl sites for hydroxylation is 1. The molecule has 224 valence electrons. The highest BCUT2D eigenvalue weighted by Crippen LogP contribution is 2.35. The van der Waals surface area contributed by atoms with Crippen molar-refractivity contribution in [2.75, 3.05) is 17.3 Å². The summed E-state index contributed by atoms with van der Waals surface area (Å²) in [5, 5.41) is 8.03. The average Bonchev–Trinajstić information content (AvgIpc) is 2.93. The molecule has 8 heteroatoms. The molecular weight excluding hydrogens is 546 g/mol. The normalized spacial score (nSPS) is 14.9. The summed E-state index contributed by atoms with van der Waals surface area (Å²) in [6.45, 7) is 7.46. The first-order chi connectivity index (χ1) is 20.1. The number of nitrogens with zero attached hydrogens (tertiary/aromatic N) is 1. The van der Waals surface area contributed by atoms with Crippen LogP contribution in [0.15, 0.2) is 66.7 Å². The summed E-state index contributed by atoms with van der Waals surface area (Å²) in [4.78, 5) is 43.2. The summed E-state index contributed by atoms with van der Waals surface area (Å²) >= 11 is 1.60. The number of hydrogen-bond donors (Lipinski definition) is 2. The van der Waals surface area contributed by atoms with Gasteiger partial charge in [0.15, 0.2) is 0 Å². The number of amides is 3. The van der Waals surface area contributed by atoms with Gasteiger partial charge in [-0.2, -0.15) is 11.8 Å². The molecule has 2 atom stereocenters. The van der Waals surface area contributed by atoms with Gasteiger partial charge in [0, 0.05) is 11.7 Å². The monoisotopic (exact) mass is 589 g/mol. The van der Waals surface area contributed by atoms with E-state index in [-0.39, 0.29) is 17.9 Å². The molecule has 2 unspecified atom stereocenters. The summed E-state index contributed by atoms with van der Waals surface area (Å²) < 4.78 is 5.50. The zero-order chi connectivity index (χ0) is 30.3. The van der Waals surface area contributed by atoms with Gasteiger partial charge in [-0.1, -0.05) is 61.5 Å². The number of ether oxygens (including phenoxy) is 1. The summed E-state index contributed by atoms with van der Waals surface area (Å²) in [6, 6.07) is 19.9. The maximum Gasteiger partial charge on any atom is 0.408 e. The Morgan fingerprint density at radius 2 is 1.69 bits per heavy atom. The summed E-state index contributed by atoms with van der Waals surface area (Å²) in [6.07, 6.45) is 5.22. The van der Waals surface area contributed by atoms with Crippen LogP contribution in [0.1, 0.15) is 70.5 Å². The van der Waals surface area contributed by atoms with Crippen LogP contribution in [0.3, 0.4) is 0 Å². The Morgan fingerprint density at radius 1 is 1.00 bits per heavy atom. The Bertz CT molecular complexity index is 1380. The van der Waals surface area contributed by atoms with Gasteiger partial charge in [0.25, 0.3) is 5.91 Å². The Morgan fingerprint density at radius 3 is 2.29 bits per heavy atom. The second-order valence-electron chi connectivity index (χ2n) is 11.9. The van der Waals surface area contributed by atoms with Gasteiger partial charge in [-0.3, -0.25) is 9.59 Å². The highest BCUT2D eigenvalue weighted by atomic mass is 32.2. The van der Waals surface area contributed by atoms with Crippen molar-refractivity contribution in [2.24, 2.45) is 0 Å². The largest absolute Gasteiger partial charge is 0.444 e. The number of benzene rings is 3. The molecular formula is C34H43N3O4S. The molecule has 0 heterocycles. The minimum Gasteiger partial charge on any atom is -0.444 e. The molecule has 1 aliphatic rings. The summed E-state index contributed by atoms with van der Waals surface area (Å²) in [5.41, 5.74) is 1.86. The fourth-order valence-corrected chi connectivity index (χ4v) is 5.63. The van der Waals surface area contributed by atoms with E-state index in [0.29, 0.717) is 17.9 Å². The highest BCUT2D eigenvalue weighted by molar-refractivity contribution is 7.98. The molecule has 0 bridgehead atoms. The number of anilines is 1. The summed E-state index contributed by atoms with van der Waals surface area (Å²) in [7, 11) is 0. The molecule has 0 saturated heterocycles. The van der Waals surface area contributed by atoms with E-state index in [1.165, 1.54) is 0 Å². The van der Waals surface area contributed by atoms with E-state index >= 15 is 0 Å². The molecule has 3 aromatic carbocycles. The van der Waals surface area contributed by atoms with Crippen LogP contribution < -0.4 is 10.6 Å². The van der Waals surface area contributed by atoms with E-state index in [2.05, 4.69) is 17.6 Å². The third kappa shape index (κ3) is 8.06. The van der Waals surface area contributed by atoms with Crippen molar-refractivity contribution in [2.45, 2.75) is 83.5 Å². The first-order valence-electron chi connectivity index (χ1n) is 14.8. The predicted molar refractivity (Wildman–Crippen MR) is 172 cm³/mol. The highest BCUT2D eigenvalue weighted by Gasteiger charge is 2.42. The van der Waals surface area contributed by atoms with E-state index in [9.17, 15) is 14.4 Å². The lowest BCUT2D eigenvalue weighted by molar-refractivity contribution is -0.145. The van der Waals surface area contributed by atoms with Crippen molar-refractivity contribution >= 4 is 46.1 Å². The Labute approximate surface area is 253 Å². The smallest absolute Gasteiger partial charge is 0.408 e. The molecule has 1 aliphatic carbocycles. The fraction of sp³-hybridized carbons (Fsp3) is 0.441.